The molecule has 0 saturated heterocycles. The summed E-state index contributed by atoms with van der Waals surface area (Å²) < 4.78 is 27.8. The highest BCUT2D eigenvalue weighted by molar-refractivity contribution is 7.89. The maximum atomic E-state index is 12.1. The lowest BCUT2D eigenvalue weighted by Crippen LogP contribution is -2.40. The molecule has 0 aliphatic carbocycles. The number of amides is 2. The minimum atomic E-state index is -3.78. The minimum absolute atomic E-state index is 0.0361. The average Bonchev–Trinajstić information content (AvgIpc) is 2.60. The Labute approximate surface area is 150 Å². The Morgan fingerprint density at radius 1 is 1.15 bits per heavy atom. The molecule has 0 fully saturated rings. The summed E-state index contributed by atoms with van der Waals surface area (Å²) in [5, 5.41) is 7.68. The fourth-order valence-corrected chi connectivity index (χ4v) is 3.08. The summed E-state index contributed by atoms with van der Waals surface area (Å²) in [4.78, 5) is 25.7. The van der Waals surface area contributed by atoms with Crippen molar-refractivity contribution < 1.29 is 22.7 Å². The number of hydrogen-bond donors (Lipinski definition) is 2. The lowest BCUT2D eigenvalue weighted by Gasteiger charge is -2.29. The van der Waals surface area contributed by atoms with Gasteiger partial charge in [0, 0.05) is 18.7 Å². The van der Waals surface area contributed by atoms with Crippen LogP contribution in [0.25, 0.3) is 0 Å². The number of nitrogens with one attached hydrogen (secondary N) is 1. The number of ether oxygens (including phenoxy) is 1. The van der Waals surface area contributed by atoms with Crippen molar-refractivity contribution in [1.82, 2.24) is 0 Å². The van der Waals surface area contributed by atoms with Gasteiger partial charge < -0.3 is 15.0 Å². The zero-order valence-corrected chi connectivity index (χ0v) is 14.5. The second kappa shape index (κ2) is 7.14. The smallest absolute Gasteiger partial charge is 0.265 e. The number of sulfonamides is 1. The standard InChI is InChI=1S/C17H17N3O5S/c18-26(23,24)13-7-5-12(6-8-13)19-16(21)9-10-20-14-3-1-2-4-15(14)25-11-17(20)22/h1-8H,9-11H2,(H,19,21)(H2,18,23,24). The number of benzene rings is 2. The van der Waals surface area contributed by atoms with E-state index in [9.17, 15) is 18.0 Å². The third kappa shape index (κ3) is 4.01. The number of para-hydroxylation sites is 2. The Hall–Kier alpha value is -2.91. The first-order chi connectivity index (χ1) is 12.3. The van der Waals surface area contributed by atoms with Gasteiger partial charge in [0.2, 0.25) is 15.9 Å². The van der Waals surface area contributed by atoms with Gasteiger partial charge in [-0.2, -0.15) is 0 Å². The van der Waals surface area contributed by atoms with E-state index in [-0.39, 0.29) is 36.3 Å². The number of hydrogen-bond acceptors (Lipinski definition) is 5. The first-order valence-electron chi connectivity index (χ1n) is 7.79. The van der Waals surface area contributed by atoms with Gasteiger partial charge in [-0.05, 0) is 36.4 Å². The number of rotatable bonds is 5. The van der Waals surface area contributed by atoms with E-state index in [1.54, 1.807) is 18.2 Å². The summed E-state index contributed by atoms with van der Waals surface area (Å²) >= 11 is 0. The largest absolute Gasteiger partial charge is 0.482 e. The van der Waals surface area contributed by atoms with Crippen LogP contribution >= 0.6 is 0 Å². The van der Waals surface area contributed by atoms with Gasteiger partial charge in [0.25, 0.3) is 5.91 Å². The van der Waals surface area contributed by atoms with Crippen molar-refractivity contribution in [3.63, 3.8) is 0 Å². The molecule has 3 rings (SSSR count). The number of carbonyl (C=O) groups is 2. The van der Waals surface area contributed by atoms with E-state index in [4.69, 9.17) is 9.88 Å². The molecular weight excluding hydrogens is 358 g/mol. The zero-order chi connectivity index (χ0) is 18.7. The molecule has 0 atom stereocenters. The molecule has 0 aromatic heterocycles. The summed E-state index contributed by atoms with van der Waals surface area (Å²) in [7, 11) is -3.78. The monoisotopic (exact) mass is 375 g/mol. The second-order valence-corrected chi connectivity index (χ2v) is 7.23. The molecule has 1 aliphatic heterocycles. The van der Waals surface area contributed by atoms with Crippen molar-refractivity contribution in [2.45, 2.75) is 11.3 Å². The van der Waals surface area contributed by atoms with Crippen LogP contribution < -0.4 is 20.1 Å². The molecular formula is C17H17N3O5S. The Morgan fingerprint density at radius 2 is 1.85 bits per heavy atom. The van der Waals surface area contributed by atoms with E-state index in [0.29, 0.717) is 17.1 Å². The molecule has 26 heavy (non-hydrogen) atoms. The van der Waals surface area contributed by atoms with Crippen LogP contribution in [0.4, 0.5) is 11.4 Å². The fraction of sp³-hybridized carbons (Fsp3) is 0.176. The Kier molecular flexibility index (Phi) is 4.92. The highest BCUT2D eigenvalue weighted by Gasteiger charge is 2.25. The minimum Gasteiger partial charge on any atom is -0.482 e. The molecule has 2 amide bonds. The quantitative estimate of drug-likeness (QED) is 0.811. The summed E-state index contributed by atoms with van der Waals surface area (Å²) in [6.07, 6.45) is 0.0804. The molecule has 8 nitrogen and oxygen atoms in total. The average molecular weight is 375 g/mol. The second-order valence-electron chi connectivity index (χ2n) is 5.67. The third-order valence-corrected chi connectivity index (χ3v) is 4.77. The van der Waals surface area contributed by atoms with Gasteiger partial charge in [-0.15, -0.1) is 0 Å². The molecule has 9 heteroatoms. The summed E-state index contributed by atoms with van der Waals surface area (Å²) in [6, 6.07) is 12.7. The van der Waals surface area contributed by atoms with Gasteiger partial charge in [0.05, 0.1) is 10.6 Å². The third-order valence-electron chi connectivity index (χ3n) is 3.84. The molecule has 1 heterocycles. The number of fused-ring (bicyclic) bond motifs is 1. The van der Waals surface area contributed by atoms with E-state index in [1.807, 2.05) is 6.07 Å². The van der Waals surface area contributed by atoms with Crippen LogP contribution in [-0.2, 0) is 19.6 Å². The van der Waals surface area contributed by atoms with Gasteiger partial charge in [-0.3, -0.25) is 9.59 Å². The van der Waals surface area contributed by atoms with E-state index in [0.717, 1.165) is 0 Å². The van der Waals surface area contributed by atoms with E-state index >= 15 is 0 Å². The van der Waals surface area contributed by atoms with Crippen LogP contribution in [0.3, 0.4) is 0 Å². The number of nitrogens with two attached hydrogens (primary N) is 1. The van der Waals surface area contributed by atoms with Gasteiger partial charge >= 0.3 is 0 Å². The Bertz CT molecular complexity index is 941. The number of primary sulfonamides is 1. The first-order valence-corrected chi connectivity index (χ1v) is 9.34. The normalized spacial score (nSPS) is 13.7. The topological polar surface area (TPSA) is 119 Å². The van der Waals surface area contributed by atoms with Crippen LogP contribution in [0.15, 0.2) is 53.4 Å². The van der Waals surface area contributed by atoms with Crippen molar-refractivity contribution in [2.24, 2.45) is 5.14 Å². The highest BCUT2D eigenvalue weighted by atomic mass is 32.2. The van der Waals surface area contributed by atoms with E-state index < -0.39 is 10.0 Å². The van der Waals surface area contributed by atoms with Crippen LogP contribution in [-0.4, -0.2) is 33.4 Å². The van der Waals surface area contributed by atoms with Crippen molar-refractivity contribution in [3.8, 4) is 5.75 Å². The zero-order valence-electron chi connectivity index (χ0n) is 13.7. The van der Waals surface area contributed by atoms with E-state index in [1.165, 1.54) is 29.2 Å². The molecule has 3 N–H and O–H groups in total. The summed E-state index contributed by atoms with van der Waals surface area (Å²) in [6.45, 7) is 0.147. The predicted molar refractivity (Wildman–Crippen MR) is 95.4 cm³/mol. The Morgan fingerprint density at radius 3 is 2.54 bits per heavy atom. The number of carbonyl (C=O) groups excluding carboxylic acids is 2. The van der Waals surface area contributed by atoms with Gasteiger partial charge in [0.15, 0.2) is 6.61 Å². The van der Waals surface area contributed by atoms with Gasteiger partial charge in [-0.25, -0.2) is 13.6 Å². The molecule has 2 aromatic rings. The summed E-state index contributed by atoms with van der Waals surface area (Å²) in [5.74, 6) is 0.0882. The van der Waals surface area contributed by atoms with Gasteiger partial charge in [-0.1, -0.05) is 12.1 Å². The summed E-state index contributed by atoms with van der Waals surface area (Å²) in [5.41, 5.74) is 1.07. The van der Waals surface area contributed by atoms with Gasteiger partial charge in [0.1, 0.15) is 5.75 Å². The van der Waals surface area contributed by atoms with E-state index in [2.05, 4.69) is 5.32 Å². The molecule has 0 saturated carbocycles. The molecule has 2 aromatic carbocycles. The molecule has 1 aliphatic rings. The van der Waals surface area contributed by atoms with Crippen LogP contribution in [0.5, 0.6) is 5.75 Å². The van der Waals surface area contributed by atoms with Crippen molar-refractivity contribution in [1.29, 1.82) is 0 Å². The maximum Gasteiger partial charge on any atom is 0.265 e. The lowest BCUT2D eigenvalue weighted by atomic mass is 10.2. The maximum absolute atomic E-state index is 12.1. The molecule has 0 unspecified atom stereocenters. The number of anilines is 2. The molecule has 0 spiro atoms. The van der Waals surface area contributed by atoms with Crippen LogP contribution in [0.2, 0.25) is 0 Å². The predicted octanol–water partition coefficient (Wildman–Crippen LogP) is 1.09. The lowest BCUT2D eigenvalue weighted by molar-refractivity contribution is -0.121. The Balaban J connectivity index is 1.62. The van der Waals surface area contributed by atoms with Crippen LogP contribution in [0, 0.1) is 0 Å². The molecule has 0 bridgehead atoms. The molecule has 0 radical (unpaired) electrons. The van der Waals surface area contributed by atoms with Crippen molar-refractivity contribution >= 4 is 33.2 Å². The molecule has 136 valence electrons. The highest BCUT2D eigenvalue weighted by Crippen LogP contribution is 2.31. The van der Waals surface area contributed by atoms with Crippen molar-refractivity contribution in [2.75, 3.05) is 23.4 Å². The first kappa shape index (κ1) is 17.9. The van der Waals surface area contributed by atoms with Crippen LogP contribution in [0.1, 0.15) is 6.42 Å². The number of nitrogens with zero attached hydrogens (tertiary/aromatic N) is 1. The fourth-order valence-electron chi connectivity index (χ4n) is 2.56. The van der Waals surface area contributed by atoms with Crippen molar-refractivity contribution in [3.05, 3.63) is 48.5 Å². The SMILES string of the molecule is NS(=O)(=O)c1ccc(NC(=O)CCN2C(=O)COc3ccccc32)cc1.